The molecule has 13 heteroatoms. The number of H-pyrrole nitrogens is 1. The highest BCUT2D eigenvalue weighted by Crippen LogP contribution is 2.52. The summed E-state index contributed by atoms with van der Waals surface area (Å²) in [6, 6.07) is 11.6. The summed E-state index contributed by atoms with van der Waals surface area (Å²) >= 11 is 13.9. The zero-order chi connectivity index (χ0) is 28.9. The largest absolute Gasteiger partial charge is 0.341 e. The van der Waals surface area contributed by atoms with E-state index in [1.54, 1.807) is 6.07 Å². The van der Waals surface area contributed by atoms with Crippen LogP contribution in [0.4, 0.5) is 5.95 Å². The summed E-state index contributed by atoms with van der Waals surface area (Å²) < 4.78 is 16.3. The van der Waals surface area contributed by atoms with Gasteiger partial charge in [0.1, 0.15) is 11.1 Å². The highest BCUT2D eigenvalue weighted by molar-refractivity contribution is 7.99. The number of nitrogens with zero attached hydrogens (tertiary/aromatic N) is 6. The van der Waals surface area contributed by atoms with E-state index in [-0.39, 0.29) is 21.9 Å². The van der Waals surface area contributed by atoms with E-state index in [2.05, 4.69) is 41.9 Å². The minimum atomic E-state index is -1.22. The van der Waals surface area contributed by atoms with Gasteiger partial charge in [0, 0.05) is 29.9 Å². The Kier molecular flexibility index (Phi) is 7.49. The van der Waals surface area contributed by atoms with Gasteiger partial charge in [-0.1, -0.05) is 47.1 Å². The maximum Gasteiger partial charge on any atom is 0.228 e. The van der Waals surface area contributed by atoms with Gasteiger partial charge in [-0.3, -0.25) is 10.1 Å². The van der Waals surface area contributed by atoms with Gasteiger partial charge in [0.25, 0.3) is 0 Å². The molecule has 0 bridgehead atoms. The molecule has 1 fully saturated rings. The molecule has 41 heavy (non-hydrogen) atoms. The Morgan fingerprint density at radius 2 is 1.98 bits per heavy atom. The van der Waals surface area contributed by atoms with Crippen LogP contribution in [0.25, 0.3) is 11.0 Å². The maximum atomic E-state index is 13.2. The highest BCUT2D eigenvalue weighted by atomic mass is 35.5. The molecule has 2 atom stereocenters. The predicted octanol–water partition coefficient (Wildman–Crippen LogP) is 6.01. The number of rotatable bonds is 5. The standard InChI is InChI=1S/C28H28Cl2N8OS2/c1-27(2,3)41(39)37-23-16-6-5-11-32-18(16)14-28(23)9-12-38(13-10-28)26-33-19(15-31)21-24(34-26)35-36-25(21)40-20-8-4-7-17(29)22(20)30/h4-8,11,23,37H,9-10,12-14H2,1-3H3,(H,33,34,35,36)/t23-,41?/m1/s1. The molecule has 0 saturated carbocycles. The van der Waals surface area contributed by atoms with Crippen molar-refractivity contribution in [2.75, 3.05) is 18.0 Å². The molecule has 1 saturated heterocycles. The van der Waals surface area contributed by atoms with Crippen LogP contribution >= 0.6 is 35.0 Å². The molecule has 2 N–H and O–H groups in total. The number of pyridine rings is 1. The summed E-state index contributed by atoms with van der Waals surface area (Å²) in [5, 5.41) is 19.4. The summed E-state index contributed by atoms with van der Waals surface area (Å²) in [5.41, 5.74) is 2.81. The Labute approximate surface area is 255 Å². The van der Waals surface area contributed by atoms with Gasteiger partial charge < -0.3 is 4.90 Å². The second-order valence-electron chi connectivity index (χ2n) is 11.4. The van der Waals surface area contributed by atoms with E-state index >= 15 is 0 Å². The fourth-order valence-corrected chi connectivity index (χ4v) is 7.93. The molecule has 0 amide bonds. The monoisotopic (exact) mass is 626 g/mol. The number of aromatic amines is 1. The predicted molar refractivity (Wildman–Crippen MR) is 163 cm³/mol. The molecule has 4 heterocycles. The molecule has 9 nitrogen and oxygen atoms in total. The second-order valence-corrected chi connectivity index (χ2v) is 15.2. The van der Waals surface area contributed by atoms with Gasteiger partial charge in [0.15, 0.2) is 11.3 Å². The van der Waals surface area contributed by atoms with E-state index in [9.17, 15) is 9.47 Å². The molecule has 1 aliphatic heterocycles. The average molecular weight is 628 g/mol. The van der Waals surface area contributed by atoms with Crippen LogP contribution in [0.1, 0.15) is 56.6 Å². The van der Waals surface area contributed by atoms with Crippen LogP contribution in [0.15, 0.2) is 46.5 Å². The topological polar surface area (TPSA) is 123 Å². The fourth-order valence-electron chi connectivity index (χ4n) is 5.57. The molecule has 1 spiro atoms. The number of halogens is 2. The number of nitriles is 1. The number of nitrogens with one attached hydrogen (secondary N) is 2. The van der Waals surface area contributed by atoms with Crippen LogP contribution < -0.4 is 9.62 Å². The second kappa shape index (κ2) is 10.8. The van der Waals surface area contributed by atoms with Crippen molar-refractivity contribution in [3.8, 4) is 6.07 Å². The van der Waals surface area contributed by atoms with E-state index in [1.807, 2.05) is 45.2 Å². The number of piperidine rings is 1. The van der Waals surface area contributed by atoms with Crippen molar-refractivity contribution in [1.29, 1.82) is 5.26 Å². The Hall–Kier alpha value is -2.75. The van der Waals surface area contributed by atoms with Crippen molar-refractivity contribution in [2.45, 2.75) is 60.7 Å². The first-order chi connectivity index (χ1) is 19.6. The van der Waals surface area contributed by atoms with Gasteiger partial charge >= 0.3 is 0 Å². The van der Waals surface area contributed by atoms with Crippen molar-refractivity contribution >= 4 is 62.9 Å². The molecule has 212 valence electrons. The third-order valence-electron chi connectivity index (χ3n) is 7.79. The minimum Gasteiger partial charge on any atom is -0.341 e. The molecule has 2 aliphatic rings. The van der Waals surface area contributed by atoms with Crippen molar-refractivity contribution in [2.24, 2.45) is 5.41 Å². The first kappa shape index (κ1) is 28.4. The van der Waals surface area contributed by atoms with Gasteiger partial charge in [-0.25, -0.2) is 13.9 Å². The summed E-state index contributed by atoms with van der Waals surface area (Å²) in [7, 11) is -1.22. The average Bonchev–Trinajstić information content (AvgIpc) is 3.49. The molecular weight excluding hydrogens is 599 g/mol. The number of benzene rings is 1. The molecular formula is C28H28Cl2N8OS2. The Bertz CT molecular complexity index is 1710. The Balaban J connectivity index is 1.26. The zero-order valence-electron chi connectivity index (χ0n) is 22.7. The molecule has 4 aromatic rings. The third kappa shape index (κ3) is 5.21. The van der Waals surface area contributed by atoms with E-state index in [4.69, 9.17) is 28.2 Å². The van der Waals surface area contributed by atoms with Crippen LogP contribution in [-0.2, 0) is 17.4 Å². The van der Waals surface area contributed by atoms with Gasteiger partial charge in [0.05, 0.1) is 37.2 Å². The van der Waals surface area contributed by atoms with Crippen molar-refractivity contribution in [3.05, 3.63) is 63.5 Å². The lowest BCUT2D eigenvalue weighted by atomic mass is 9.73. The minimum absolute atomic E-state index is 0.0584. The van der Waals surface area contributed by atoms with E-state index in [0.29, 0.717) is 45.1 Å². The van der Waals surface area contributed by atoms with Crippen LogP contribution in [0.3, 0.4) is 0 Å². The van der Waals surface area contributed by atoms with Gasteiger partial charge in [-0.2, -0.15) is 15.3 Å². The summed E-state index contributed by atoms with van der Waals surface area (Å²) in [6.07, 6.45) is 4.33. The molecule has 3 aromatic heterocycles. The summed E-state index contributed by atoms with van der Waals surface area (Å²) in [4.78, 5) is 16.9. The molecule has 1 aliphatic carbocycles. The van der Waals surface area contributed by atoms with Crippen LogP contribution in [0.5, 0.6) is 0 Å². The van der Waals surface area contributed by atoms with E-state index in [1.165, 1.54) is 11.8 Å². The van der Waals surface area contributed by atoms with Crippen molar-refractivity contribution in [3.63, 3.8) is 0 Å². The zero-order valence-corrected chi connectivity index (χ0v) is 25.9. The molecule has 1 unspecified atom stereocenters. The number of anilines is 1. The normalized spacial score (nSPS) is 18.9. The van der Waals surface area contributed by atoms with Crippen LogP contribution in [0, 0.1) is 16.7 Å². The van der Waals surface area contributed by atoms with Gasteiger partial charge in [0.2, 0.25) is 5.95 Å². The summed E-state index contributed by atoms with van der Waals surface area (Å²) in [5.74, 6) is 0.487. The first-order valence-corrected chi connectivity index (χ1v) is 16.0. The lowest BCUT2D eigenvalue weighted by molar-refractivity contribution is 0.176. The van der Waals surface area contributed by atoms with Gasteiger partial charge in [-0.05, 0) is 69.2 Å². The van der Waals surface area contributed by atoms with Crippen LogP contribution in [-0.4, -0.2) is 47.2 Å². The highest BCUT2D eigenvalue weighted by Gasteiger charge is 2.49. The quantitative estimate of drug-likeness (QED) is 0.276. The Morgan fingerprint density at radius 1 is 1.20 bits per heavy atom. The number of hydrogen-bond acceptors (Lipinski definition) is 8. The SMILES string of the molecule is CC(C)(C)S(=O)N[C@@H]1c2cccnc2CC12CCN(c1nc(C#N)c3c(Sc4cccc(Cl)c4Cl)n[nH]c3n1)CC2. The maximum absolute atomic E-state index is 13.2. The number of aromatic nitrogens is 5. The third-order valence-corrected chi connectivity index (χ3v) is 11.3. The first-order valence-electron chi connectivity index (χ1n) is 13.2. The molecule has 6 rings (SSSR count). The van der Waals surface area contributed by atoms with E-state index < -0.39 is 11.0 Å². The molecule has 0 radical (unpaired) electrons. The van der Waals surface area contributed by atoms with Crippen molar-refractivity contribution < 1.29 is 4.21 Å². The van der Waals surface area contributed by atoms with Gasteiger partial charge in [-0.15, -0.1) is 0 Å². The lowest BCUT2D eigenvalue weighted by Gasteiger charge is -2.43. The van der Waals surface area contributed by atoms with Crippen LogP contribution in [0.2, 0.25) is 10.0 Å². The smallest absolute Gasteiger partial charge is 0.228 e. The number of fused-ring (bicyclic) bond motifs is 2. The Morgan fingerprint density at radius 3 is 2.71 bits per heavy atom. The number of hydrogen-bond donors (Lipinski definition) is 2. The van der Waals surface area contributed by atoms with E-state index in [0.717, 1.165) is 35.4 Å². The lowest BCUT2D eigenvalue weighted by Crippen LogP contribution is -2.48. The fraction of sp³-hybridized carbons (Fsp3) is 0.393. The van der Waals surface area contributed by atoms with Crippen molar-refractivity contribution in [1.82, 2.24) is 29.9 Å². The summed E-state index contributed by atoms with van der Waals surface area (Å²) in [6.45, 7) is 7.33. The molecule has 1 aromatic carbocycles.